The lowest BCUT2D eigenvalue weighted by Crippen LogP contribution is -2.51. The molecule has 2 aromatic carbocycles. The zero-order valence-electron chi connectivity index (χ0n) is 21.4. The molecule has 194 valence electrons. The van der Waals surface area contributed by atoms with Gasteiger partial charge in [-0.05, 0) is 56.6 Å². The van der Waals surface area contributed by atoms with Crippen molar-refractivity contribution < 1.29 is 18.9 Å². The second-order valence-electron chi connectivity index (χ2n) is 9.15. The Bertz CT molecular complexity index is 1160. The summed E-state index contributed by atoms with van der Waals surface area (Å²) in [5, 5.41) is 1.27. The number of hydrogen-bond acceptors (Lipinski definition) is 7. The van der Waals surface area contributed by atoms with E-state index in [1.165, 1.54) is 12.8 Å². The lowest BCUT2D eigenvalue weighted by atomic mass is 9.77. The number of benzene rings is 2. The molecule has 0 bridgehead atoms. The van der Waals surface area contributed by atoms with Gasteiger partial charge in [0.2, 0.25) is 0 Å². The van der Waals surface area contributed by atoms with Crippen LogP contribution in [0.4, 0.5) is 5.69 Å². The normalized spacial score (nSPS) is 16.7. The summed E-state index contributed by atoms with van der Waals surface area (Å²) in [4.78, 5) is 7.03. The standard InChI is InChI=1S/C26H30ClN3O4.C2H6/c1-31-24-14-19-22(29-8-5-23(19)34-18-3-4-21(28)20(27)13-18)15-25(24)33-12-2-9-30-10-6-26(7-11-30)16-32-17-26;1-2/h3-5,8,13-15H,2,6-7,9-12,16-17,28H2,1H3;1-2H3. The van der Waals surface area contributed by atoms with Crippen molar-refractivity contribution in [3.63, 3.8) is 0 Å². The number of aromatic nitrogens is 1. The van der Waals surface area contributed by atoms with Crippen LogP contribution in [-0.2, 0) is 4.74 Å². The van der Waals surface area contributed by atoms with Crippen molar-refractivity contribution in [1.29, 1.82) is 0 Å². The van der Waals surface area contributed by atoms with Crippen molar-refractivity contribution in [2.24, 2.45) is 5.41 Å². The number of fused-ring (bicyclic) bond motifs is 1. The van der Waals surface area contributed by atoms with E-state index in [1.54, 1.807) is 31.5 Å². The van der Waals surface area contributed by atoms with Gasteiger partial charge in [0.1, 0.15) is 11.5 Å². The topological polar surface area (TPSA) is 79.1 Å². The van der Waals surface area contributed by atoms with Gasteiger partial charge >= 0.3 is 0 Å². The van der Waals surface area contributed by atoms with Gasteiger partial charge in [0.05, 0.1) is 43.2 Å². The van der Waals surface area contributed by atoms with Gasteiger partial charge in [-0.15, -0.1) is 0 Å². The summed E-state index contributed by atoms with van der Waals surface area (Å²) in [5.41, 5.74) is 7.55. The highest BCUT2D eigenvalue weighted by Gasteiger charge is 2.40. The Morgan fingerprint density at radius 2 is 1.83 bits per heavy atom. The molecule has 7 nitrogen and oxygen atoms in total. The van der Waals surface area contributed by atoms with Crippen molar-refractivity contribution in [1.82, 2.24) is 9.88 Å². The molecule has 1 aromatic heterocycles. The maximum Gasteiger partial charge on any atom is 0.163 e. The predicted molar refractivity (Wildman–Crippen MR) is 145 cm³/mol. The number of ether oxygens (including phenoxy) is 4. The molecule has 0 amide bonds. The minimum atomic E-state index is 0.449. The summed E-state index contributed by atoms with van der Waals surface area (Å²) in [6.45, 7) is 9.84. The van der Waals surface area contributed by atoms with Crippen LogP contribution in [0.25, 0.3) is 10.9 Å². The number of likely N-dealkylation sites (tertiary alicyclic amines) is 1. The quantitative estimate of drug-likeness (QED) is 0.284. The highest BCUT2D eigenvalue weighted by Crippen LogP contribution is 2.39. The number of nitrogen functional groups attached to an aromatic ring is 1. The molecule has 0 saturated carbocycles. The fraction of sp³-hybridized carbons (Fsp3) is 0.464. The summed E-state index contributed by atoms with van der Waals surface area (Å²) >= 11 is 6.14. The van der Waals surface area contributed by atoms with Gasteiger partial charge in [-0.3, -0.25) is 4.98 Å². The van der Waals surface area contributed by atoms with E-state index >= 15 is 0 Å². The molecule has 2 N–H and O–H groups in total. The minimum Gasteiger partial charge on any atom is -0.493 e. The van der Waals surface area contributed by atoms with Gasteiger partial charge in [-0.25, -0.2) is 0 Å². The van der Waals surface area contributed by atoms with Crippen LogP contribution in [0.2, 0.25) is 5.02 Å². The van der Waals surface area contributed by atoms with Crippen molar-refractivity contribution >= 4 is 28.2 Å². The molecule has 0 radical (unpaired) electrons. The fourth-order valence-corrected chi connectivity index (χ4v) is 4.76. The van der Waals surface area contributed by atoms with E-state index < -0.39 is 0 Å². The van der Waals surface area contributed by atoms with Crippen LogP contribution in [0.15, 0.2) is 42.6 Å². The van der Waals surface area contributed by atoms with Crippen LogP contribution in [0, 0.1) is 5.41 Å². The van der Waals surface area contributed by atoms with Crippen LogP contribution >= 0.6 is 11.6 Å². The first-order chi connectivity index (χ1) is 17.5. The van der Waals surface area contributed by atoms with Gasteiger partial charge in [0.15, 0.2) is 11.5 Å². The predicted octanol–water partition coefficient (Wildman–Crippen LogP) is 6.18. The van der Waals surface area contributed by atoms with Gasteiger partial charge in [-0.2, -0.15) is 0 Å². The SMILES string of the molecule is CC.COc1cc2c(Oc3ccc(N)c(Cl)c3)ccnc2cc1OCCCN1CCC2(CC1)COC2. The molecule has 3 aromatic rings. The number of halogens is 1. The van der Waals surface area contributed by atoms with E-state index in [-0.39, 0.29) is 0 Å². The van der Waals surface area contributed by atoms with Crippen LogP contribution in [-0.4, -0.2) is 56.4 Å². The second-order valence-corrected chi connectivity index (χ2v) is 9.56. The van der Waals surface area contributed by atoms with Gasteiger partial charge in [-0.1, -0.05) is 25.4 Å². The number of rotatable bonds is 8. The molecular formula is C28H36ClN3O4. The monoisotopic (exact) mass is 513 g/mol. The third-order valence-electron chi connectivity index (χ3n) is 6.80. The first kappa shape index (κ1) is 26.3. The number of nitrogens with two attached hydrogens (primary N) is 1. The van der Waals surface area contributed by atoms with E-state index in [4.69, 9.17) is 36.3 Å². The summed E-state index contributed by atoms with van der Waals surface area (Å²) in [6.07, 6.45) is 5.15. The average Bonchev–Trinajstić information content (AvgIpc) is 2.89. The molecule has 3 heterocycles. The number of hydrogen-bond donors (Lipinski definition) is 1. The largest absolute Gasteiger partial charge is 0.493 e. The number of nitrogens with zero attached hydrogens (tertiary/aromatic N) is 2. The maximum atomic E-state index is 6.14. The number of piperidine rings is 1. The van der Waals surface area contributed by atoms with Gasteiger partial charge in [0.25, 0.3) is 0 Å². The van der Waals surface area contributed by atoms with E-state index in [9.17, 15) is 0 Å². The van der Waals surface area contributed by atoms with Gasteiger partial charge in [0, 0.05) is 35.7 Å². The van der Waals surface area contributed by atoms with E-state index in [0.717, 1.165) is 50.2 Å². The van der Waals surface area contributed by atoms with Crippen LogP contribution < -0.4 is 19.9 Å². The Balaban J connectivity index is 0.00000148. The summed E-state index contributed by atoms with van der Waals surface area (Å²) < 4.78 is 23.2. The summed E-state index contributed by atoms with van der Waals surface area (Å²) in [5.74, 6) is 2.57. The van der Waals surface area contributed by atoms with Gasteiger partial charge < -0.3 is 29.6 Å². The van der Waals surface area contributed by atoms with Crippen LogP contribution in [0.3, 0.4) is 0 Å². The van der Waals surface area contributed by atoms with Crippen molar-refractivity contribution in [2.75, 3.05) is 52.3 Å². The maximum absolute atomic E-state index is 6.14. The molecule has 2 fully saturated rings. The molecule has 36 heavy (non-hydrogen) atoms. The van der Waals surface area contributed by atoms with Crippen molar-refractivity contribution in [2.45, 2.75) is 33.1 Å². The molecule has 0 unspecified atom stereocenters. The fourth-order valence-electron chi connectivity index (χ4n) is 4.59. The Morgan fingerprint density at radius 3 is 2.50 bits per heavy atom. The van der Waals surface area contributed by atoms with E-state index in [1.807, 2.05) is 32.0 Å². The molecule has 2 saturated heterocycles. The third-order valence-corrected chi connectivity index (χ3v) is 7.12. The lowest BCUT2D eigenvalue weighted by Gasteiger charge is -2.47. The number of methoxy groups -OCH3 is 1. The highest BCUT2D eigenvalue weighted by molar-refractivity contribution is 6.33. The lowest BCUT2D eigenvalue weighted by molar-refractivity contribution is -0.139. The summed E-state index contributed by atoms with van der Waals surface area (Å²) in [6, 6.07) is 10.8. The Morgan fingerprint density at radius 1 is 1.06 bits per heavy atom. The van der Waals surface area contributed by atoms with Crippen molar-refractivity contribution in [3.05, 3.63) is 47.6 Å². The number of pyridine rings is 1. The molecule has 1 spiro atoms. The summed E-state index contributed by atoms with van der Waals surface area (Å²) in [7, 11) is 1.64. The second kappa shape index (κ2) is 12.0. The molecule has 0 aliphatic carbocycles. The molecular weight excluding hydrogens is 478 g/mol. The van der Waals surface area contributed by atoms with Crippen LogP contribution in [0.5, 0.6) is 23.0 Å². The zero-order chi connectivity index (χ0) is 25.5. The molecule has 5 rings (SSSR count). The highest BCUT2D eigenvalue weighted by atomic mass is 35.5. The third kappa shape index (κ3) is 5.97. The Hall–Kier alpha value is -2.74. The Labute approximate surface area is 218 Å². The first-order valence-corrected chi connectivity index (χ1v) is 13.1. The first-order valence-electron chi connectivity index (χ1n) is 12.7. The molecule has 8 heteroatoms. The molecule has 0 atom stereocenters. The minimum absolute atomic E-state index is 0.449. The van der Waals surface area contributed by atoms with Crippen molar-refractivity contribution in [3.8, 4) is 23.0 Å². The number of anilines is 1. The van der Waals surface area contributed by atoms with E-state index in [0.29, 0.717) is 45.7 Å². The smallest absolute Gasteiger partial charge is 0.163 e. The molecule has 2 aliphatic rings. The van der Waals surface area contributed by atoms with Crippen LogP contribution in [0.1, 0.15) is 33.1 Å². The van der Waals surface area contributed by atoms with E-state index in [2.05, 4.69) is 9.88 Å². The zero-order valence-corrected chi connectivity index (χ0v) is 22.1. The Kier molecular flexibility index (Phi) is 8.77. The average molecular weight is 514 g/mol. The molecule has 2 aliphatic heterocycles.